The van der Waals surface area contributed by atoms with Gasteiger partial charge in [0.2, 0.25) is 0 Å². The molecule has 0 bridgehead atoms. The maximum Gasteiger partial charge on any atom is 0.128 e. The molecular formula is C22H22ClN3O. The van der Waals surface area contributed by atoms with Crippen molar-refractivity contribution in [2.75, 3.05) is 31.1 Å². The highest BCUT2D eigenvalue weighted by molar-refractivity contribution is 6.30. The highest BCUT2D eigenvalue weighted by atomic mass is 35.5. The van der Waals surface area contributed by atoms with Crippen molar-refractivity contribution in [3.63, 3.8) is 0 Å². The van der Waals surface area contributed by atoms with Crippen molar-refractivity contribution in [1.29, 1.82) is 0 Å². The van der Waals surface area contributed by atoms with Gasteiger partial charge in [0.1, 0.15) is 17.3 Å². The van der Waals surface area contributed by atoms with Gasteiger partial charge in [0.25, 0.3) is 0 Å². The number of piperazine rings is 1. The van der Waals surface area contributed by atoms with E-state index in [9.17, 15) is 0 Å². The van der Waals surface area contributed by atoms with Crippen LogP contribution in [0, 0.1) is 0 Å². The molecule has 3 aromatic rings. The molecule has 2 aromatic carbocycles. The summed E-state index contributed by atoms with van der Waals surface area (Å²) in [5, 5.41) is 0.709. The van der Waals surface area contributed by atoms with Crippen LogP contribution in [0.5, 0.6) is 11.5 Å². The molecule has 1 fully saturated rings. The highest BCUT2D eigenvalue weighted by Gasteiger charge is 2.18. The van der Waals surface area contributed by atoms with E-state index in [0.29, 0.717) is 5.02 Å². The average Bonchev–Trinajstić information content (AvgIpc) is 2.71. The Kier molecular flexibility index (Phi) is 5.56. The molecule has 0 spiro atoms. The Balaban J connectivity index is 1.34. The number of aromatic nitrogens is 1. The Labute approximate surface area is 165 Å². The third-order valence-corrected chi connectivity index (χ3v) is 4.95. The van der Waals surface area contributed by atoms with E-state index < -0.39 is 0 Å². The van der Waals surface area contributed by atoms with E-state index in [1.54, 1.807) is 0 Å². The summed E-state index contributed by atoms with van der Waals surface area (Å²) in [6, 6.07) is 21.8. The molecule has 0 amide bonds. The predicted octanol–water partition coefficient (Wildman–Crippen LogP) is 4.85. The molecule has 0 unspecified atom stereocenters. The minimum Gasteiger partial charge on any atom is -0.457 e. The Hall–Kier alpha value is -2.56. The van der Waals surface area contributed by atoms with Gasteiger partial charge < -0.3 is 9.64 Å². The van der Waals surface area contributed by atoms with E-state index in [2.05, 4.69) is 33.0 Å². The Morgan fingerprint density at radius 3 is 2.41 bits per heavy atom. The second-order valence-corrected chi connectivity index (χ2v) is 7.09. The van der Waals surface area contributed by atoms with E-state index in [0.717, 1.165) is 50.0 Å². The minimum absolute atomic E-state index is 0.709. The maximum atomic E-state index is 5.94. The number of hydrogen-bond acceptors (Lipinski definition) is 4. The van der Waals surface area contributed by atoms with Crippen LogP contribution in [0.15, 0.2) is 72.9 Å². The summed E-state index contributed by atoms with van der Waals surface area (Å²) in [6.07, 6.45) is 1.86. The molecule has 0 aliphatic carbocycles. The van der Waals surface area contributed by atoms with Gasteiger partial charge >= 0.3 is 0 Å². The lowest BCUT2D eigenvalue weighted by atomic mass is 10.2. The van der Waals surface area contributed by atoms with Crippen molar-refractivity contribution in [3.8, 4) is 11.5 Å². The summed E-state index contributed by atoms with van der Waals surface area (Å²) < 4.78 is 5.94. The van der Waals surface area contributed by atoms with Gasteiger partial charge in [-0.05, 0) is 54.1 Å². The number of hydrogen-bond donors (Lipinski definition) is 0. The van der Waals surface area contributed by atoms with Crippen molar-refractivity contribution >= 4 is 17.4 Å². The van der Waals surface area contributed by atoms with Crippen molar-refractivity contribution in [3.05, 3.63) is 83.5 Å². The second-order valence-electron chi connectivity index (χ2n) is 6.65. The highest BCUT2D eigenvalue weighted by Crippen LogP contribution is 2.24. The quantitative estimate of drug-likeness (QED) is 0.633. The van der Waals surface area contributed by atoms with Gasteiger partial charge in [-0.25, -0.2) is 4.98 Å². The van der Waals surface area contributed by atoms with E-state index in [1.807, 2.05) is 54.7 Å². The number of nitrogens with zero attached hydrogens (tertiary/aromatic N) is 3. The predicted molar refractivity (Wildman–Crippen MR) is 110 cm³/mol. The van der Waals surface area contributed by atoms with Crippen LogP contribution in [0.3, 0.4) is 0 Å². The summed E-state index contributed by atoms with van der Waals surface area (Å²) in [6.45, 7) is 4.97. The topological polar surface area (TPSA) is 28.6 Å². The van der Waals surface area contributed by atoms with Gasteiger partial charge in [-0.3, -0.25) is 4.90 Å². The summed E-state index contributed by atoms with van der Waals surface area (Å²) in [5.74, 6) is 2.71. The molecule has 2 heterocycles. The first-order valence-electron chi connectivity index (χ1n) is 9.17. The van der Waals surface area contributed by atoms with Crippen molar-refractivity contribution in [1.82, 2.24) is 9.88 Å². The van der Waals surface area contributed by atoms with Crippen LogP contribution in [-0.2, 0) is 6.54 Å². The van der Waals surface area contributed by atoms with Crippen LogP contribution >= 0.6 is 11.6 Å². The first-order chi connectivity index (χ1) is 13.3. The van der Waals surface area contributed by atoms with Crippen LogP contribution in [0.4, 0.5) is 5.82 Å². The van der Waals surface area contributed by atoms with Gasteiger partial charge in [0.15, 0.2) is 0 Å². The number of pyridine rings is 1. The molecule has 0 N–H and O–H groups in total. The zero-order chi connectivity index (χ0) is 18.5. The Morgan fingerprint density at radius 2 is 1.67 bits per heavy atom. The third kappa shape index (κ3) is 4.79. The number of anilines is 1. The Morgan fingerprint density at radius 1 is 0.852 bits per heavy atom. The minimum atomic E-state index is 0.709. The SMILES string of the molecule is Clc1ccc(Oc2cccc(CN3CCN(c4ccccn4)CC3)c2)cc1. The fourth-order valence-corrected chi connectivity index (χ4v) is 3.41. The normalized spacial score (nSPS) is 14.9. The molecule has 27 heavy (non-hydrogen) atoms. The summed E-state index contributed by atoms with van der Waals surface area (Å²) >= 11 is 5.93. The zero-order valence-electron chi connectivity index (χ0n) is 15.1. The first-order valence-corrected chi connectivity index (χ1v) is 9.55. The lowest BCUT2D eigenvalue weighted by Gasteiger charge is -2.35. The molecule has 4 rings (SSSR count). The average molecular weight is 380 g/mol. The lowest BCUT2D eigenvalue weighted by molar-refractivity contribution is 0.249. The standard InChI is InChI=1S/C22H22ClN3O/c23-19-7-9-20(10-8-19)27-21-5-3-4-18(16-21)17-25-12-14-26(15-13-25)22-6-1-2-11-24-22/h1-11,16H,12-15,17H2. The molecule has 0 atom stereocenters. The van der Waals surface area contributed by atoms with Crippen LogP contribution < -0.4 is 9.64 Å². The molecule has 138 valence electrons. The van der Waals surface area contributed by atoms with E-state index in [4.69, 9.17) is 16.3 Å². The smallest absolute Gasteiger partial charge is 0.128 e. The monoisotopic (exact) mass is 379 g/mol. The summed E-state index contributed by atoms with van der Waals surface area (Å²) in [7, 11) is 0. The van der Waals surface area contributed by atoms with Gasteiger partial charge in [0, 0.05) is 43.9 Å². The second kappa shape index (κ2) is 8.42. The fraction of sp³-hybridized carbons (Fsp3) is 0.227. The number of benzene rings is 2. The summed E-state index contributed by atoms with van der Waals surface area (Å²) in [5.41, 5.74) is 1.26. The van der Waals surface area contributed by atoms with E-state index in [-0.39, 0.29) is 0 Å². The molecule has 1 aliphatic rings. The van der Waals surface area contributed by atoms with Crippen molar-refractivity contribution in [2.24, 2.45) is 0 Å². The van der Waals surface area contributed by atoms with Gasteiger partial charge in [-0.2, -0.15) is 0 Å². The van der Waals surface area contributed by atoms with Gasteiger partial charge in [0.05, 0.1) is 0 Å². The molecule has 1 saturated heterocycles. The van der Waals surface area contributed by atoms with Crippen molar-refractivity contribution < 1.29 is 4.74 Å². The molecule has 4 nitrogen and oxygen atoms in total. The number of halogens is 1. The van der Waals surface area contributed by atoms with Crippen LogP contribution in [-0.4, -0.2) is 36.1 Å². The van der Waals surface area contributed by atoms with Crippen LogP contribution in [0.2, 0.25) is 5.02 Å². The largest absolute Gasteiger partial charge is 0.457 e. The molecule has 0 radical (unpaired) electrons. The van der Waals surface area contributed by atoms with Crippen LogP contribution in [0.1, 0.15) is 5.56 Å². The van der Waals surface area contributed by atoms with Crippen LogP contribution in [0.25, 0.3) is 0 Å². The van der Waals surface area contributed by atoms with Gasteiger partial charge in [-0.1, -0.05) is 29.8 Å². The van der Waals surface area contributed by atoms with E-state index >= 15 is 0 Å². The fourth-order valence-electron chi connectivity index (χ4n) is 3.28. The molecule has 1 aliphatic heterocycles. The molecular weight excluding hydrogens is 358 g/mol. The maximum absolute atomic E-state index is 5.94. The molecule has 0 saturated carbocycles. The first kappa shape index (κ1) is 17.8. The third-order valence-electron chi connectivity index (χ3n) is 4.70. The number of rotatable bonds is 5. The molecule has 5 heteroatoms. The van der Waals surface area contributed by atoms with Crippen molar-refractivity contribution in [2.45, 2.75) is 6.54 Å². The van der Waals surface area contributed by atoms with E-state index in [1.165, 1.54) is 5.56 Å². The van der Waals surface area contributed by atoms with Gasteiger partial charge in [-0.15, -0.1) is 0 Å². The summed E-state index contributed by atoms with van der Waals surface area (Å²) in [4.78, 5) is 9.27. The zero-order valence-corrected chi connectivity index (χ0v) is 15.8. The molecule has 1 aromatic heterocycles. The lowest BCUT2D eigenvalue weighted by Crippen LogP contribution is -2.46. The Bertz CT molecular complexity index is 862. The number of ether oxygens (including phenoxy) is 1.